The van der Waals surface area contributed by atoms with Gasteiger partial charge in [-0.15, -0.1) is 0 Å². The molecule has 0 saturated carbocycles. The number of hydrogen-bond donors (Lipinski definition) is 2. The molecule has 0 amide bonds. The van der Waals surface area contributed by atoms with Gasteiger partial charge in [-0.25, -0.2) is 4.39 Å². The Labute approximate surface area is 127 Å². The van der Waals surface area contributed by atoms with Crippen molar-refractivity contribution in [1.82, 2.24) is 10.2 Å². The lowest BCUT2D eigenvalue weighted by molar-refractivity contribution is 0.124. The van der Waals surface area contributed by atoms with Crippen molar-refractivity contribution >= 4 is 0 Å². The van der Waals surface area contributed by atoms with Crippen LogP contribution in [0, 0.1) is 11.7 Å². The Bertz CT molecular complexity index is 458. The lowest BCUT2D eigenvalue weighted by Gasteiger charge is -2.37. The monoisotopic (exact) mass is 294 g/mol. The van der Waals surface area contributed by atoms with Gasteiger partial charge >= 0.3 is 0 Å². The molecule has 0 bridgehead atoms. The van der Waals surface area contributed by atoms with Crippen molar-refractivity contribution in [3.8, 4) is 5.75 Å². The molecule has 1 aliphatic rings. The minimum Gasteiger partial charge on any atom is -0.508 e. The van der Waals surface area contributed by atoms with Crippen molar-refractivity contribution in [3.05, 3.63) is 29.6 Å². The van der Waals surface area contributed by atoms with E-state index in [1.165, 1.54) is 18.9 Å². The van der Waals surface area contributed by atoms with E-state index in [0.717, 1.165) is 19.6 Å². The molecule has 2 atom stereocenters. The molecule has 0 spiro atoms. The third-order valence-electron chi connectivity index (χ3n) is 4.46. The summed E-state index contributed by atoms with van der Waals surface area (Å²) in [6, 6.07) is 4.83. The molecular weight excluding hydrogens is 267 g/mol. The predicted octanol–water partition coefficient (Wildman–Crippen LogP) is 3.30. The molecule has 1 aromatic carbocycles. The maximum atomic E-state index is 14.1. The second-order valence-corrected chi connectivity index (χ2v) is 6.38. The third-order valence-corrected chi connectivity index (χ3v) is 4.46. The lowest BCUT2D eigenvalue weighted by Crippen LogP contribution is -2.42. The molecule has 4 heteroatoms. The molecule has 1 saturated heterocycles. The molecule has 1 aromatic rings. The molecule has 0 aromatic heterocycles. The number of phenols is 1. The summed E-state index contributed by atoms with van der Waals surface area (Å²) in [7, 11) is 0. The zero-order valence-electron chi connectivity index (χ0n) is 13.3. The highest BCUT2D eigenvalue weighted by Gasteiger charge is 2.25. The van der Waals surface area contributed by atoms with Gasteiger partial charge in [0, 0.05) is 30.3 Å². The van der Waals surface area contributed by atoms with Crippen LogP contribution >= 0.6 is 0 Å². The Balaban J connectivity index is 2.12. The third kappa shape index (κ3) is 4.17. The largest absolute Gasteiger partial charge is 0.508 e. The van der Waals surface area contributed by atoms with Crippen LogP contribution in [0.1, 0.15) is 45.2 Å². The number of piperidine rings is 1. The van der Waals surface area contributed by atoms with E-state index in [9.17, 15) is 9.50 Å². The number of phenolic OH excluding ortho intramolecular Hbond substituents is 1. The van der Waals surface area contributed by atoms with Crippen LogP contribution in [0.3, 0.4) is 0 Å². The summed E-state index contributed by atoms with van der Waals surface area (Å²) >= 11 is 0. The van der Waals surface area contributed by atoms with E-state index >= 15 is 0 Å². The first-order valence-corrected chi connectivity index (χ1v) is 7.94. The van der Waals surface area contributed by atoms with Gasteiger partial charge in [0.05, 0.1) is 0 Å². The SMILES string of the molecule is CC(C)N(CC1CCCNC1)C(C)c1ccc(O)cc1F. The van der Waals surface area contributed by atoms with Gasteiger partial charge in [0.15, 0.2) is 0 Å². The van der Waals surface area contributed by atoms with Gasteiger partial charge in [-0.3, -0.25) is 4.90 Å². The minimum absolute atomic E-state index is 0.00697. The lowest BCUT2D eigenvalue weighted by atomic mass is 9.96. The van der Waals surface area contributed by atoms with Crippen LogP contribution in [0.2, 0.25) is 0 Å². The standard InChI is InChI=1S/C17H27FN2O/c1-12(2)20(11-14-5-4-8-19-10-14)13(3)16-7-6-15(21)9-17(16)18/h6-7,9,12-14,19,21H,4-5,8,10-11H2,1-3H3. The van der Waals surface area contributed by atoms with Gasteiger partial charge in [-0.1, -0.05) is 6.07 Å². The molecule has 0 radical (unpaired) electrons. The number of halogens is 1. The molecule has 118 valence electrons. The maximum Gasteiger partial charge on any atom is 0.131 e. The first kappa shape index (κ1) is 16.2. The van der Waals surface area contributed by atoms with E-state index in [1.807, 2.05) is 6.92 Å². The molecule has 0 aliphatic carbocycles. The predicted molar refractivity (Wildman–Crippen MR) is 83.9 cm³/mol. The van der Waals surface area contributed by atoms with Crippen molar-refractivity contribution in [3.63, 3.8) is 0 Å². The van der Waals surface area contributed by atoms with Gasteiger partial charge in [0.2, 0.25) is 0 Å². The minimum atomic E-state index is -0.324. The number of rotatable bonds is 5. The van der Waals surface area contributed by atoms with Gasteiger partial charge in [-0.2, -0.15) is 0 Å². The Hall–Kier alpha value is -1.13. The molecule has 1 heterocycles. The summed E-state index contributed by atoms with van der Waals surface area (Å²) < 4.78 is 14.1. The van der Waals surface area contributed by atoms with Crippen molar-refractivity contribution in [1.29, 1.82) is 0 Å². The van der Waals surface area contributed by atoms with Crippen LogP contribution in [0.25, 0.3) is 0 Å². The quantitative estimate of drug-likeness (QED) is 0.874. The Morgan fingerprint density at radius 1 is 1.38 bits per heavy atom. The van der Waals surface area contributed by atoms with Crippen molar-refractivity contribution in [2.75, 3.05) is 19.6 Å². The van der Waals surface area contributed by atoms with Crippen molar-refractivity contribution in [2.45, 2.75) is 45.7 Å². The average molecular weight is 294 g/mol. The fourth-order valence-electron chi connectivity index (χ4n) is 3.23. The van der Waals surface area contributed by atoms with E-state index in [2.05, 4.69) is 24.1 Å². The zero-order valence-corrected chi connectivity index (χ0v) is 13.3. The highest BCUT2D eigenvalue weighted by molar-refractivity contribution is 5.29. The fraction of sp³-hybridized carbons (Fsp3) is 0.647. The molecule has 2 N–H and O–H groups in total. The average Bonchev–Trinajstić information content (AvgIpc) is 2.45. The second-order valence-electron chi connectivity index (χ2n) is 6.38. The van der Waals surface area contributed by atoms with Crippen LogP contribution in [0.5, 0.6) is 5.75 Å². The van der Waals surface area contributed by atoms with E-state index in [-0.39, 0.29) is 17.6 Å². The smallest absolute Gasteiger partial charge is 0.131 e. The van der Waals surface area contributed by atoms with Crippen LogP contribution in [-0.2, 0) is 0 Å². The van der Waals surface area contributed by atoms with E-state index in [4.69, 9.17) is 0 Å². The van der Waals surface area contributed by atoms with Gasteiger partial charge in [-0.05, 0) is 58.7 Å². The molecule has 2 rings (SSSR count). The number of aromatic hydroxyl groups is 1. The Morgan fingerprint density at radius 2 is 2.14 bits per heavy atom. The molecule has 1 aliphatic heterocycles. The Kier molecular flexibility index (Phi) is 5.59. The Morgan fingerprint density at radius 3 is 2.71 bits per heavy atom. The van der Waals surface area contributed by atoms with E-state index in [1.54, 1.807) is 12.1 Å². The molecule has 1 fully saturated rings. The second kappa shape index (κ2) is 7.23. The molecular formula is C17H27FN2O. The maximum absolute atomic E-state index is 14.1. The summed E-state index contributed by atoms with van der Waals surface area (Å²) in [4.78, 5) is 2.35. The summed E-state index contributed by atoms with van der Waals surface area (Å²) in [5, 5.41) is 12.8. The first-order chi connectivity index (χ1) is 9.99. The number of nitrogens with zero attached hydrogens (tertiary/aromatic N) is 1. The zero-order chi connectivity index (χ0) is 15.4. The van der Waals surface area contributed by atoms with Gasteiger partial charge in [0.1, 0.15) is 11.6 Å². The van der Waals surface area contributed by atoms with Gasteiger partial charge in [0.25, 0.3) is 0 Å². The van der Waals surface area contributed by atoms with E-state index < -0.39 is 0 Å². The number of hydrogen-bond acceptors (Lipinski definition) is 3. The van der Waals surface area contributed by atoms with Crippen LogP contribution in [-0.4, -0.2) is 35.7 Å². The molecule has 21 heavy (non-hydrogen) atoms. The van der Waals surface area contributed by atoms with Crippen LogP contribution in [0.15, 0.2) is 18.2 Å². The topological polar surface area (TPSA) is 35.5 Å². The number of nitrogens with one attached hydrogen (secondary N) is 1. The van der Waals surface area contributed by atoms with Crippen LogP contribution < -0.4 is 5.32 Å². The fourth-order valence-corrected chi connectivity index (χ4v) is 3.23. The first-order valence-electron chi connectivity index (χ1n) is 7.94. The van der Waals surface area contributed by atoms with Gasteiger partial charge < -0.3 is 10.4 Å². The summed E-state index contributed by atoms with van der Waals surface area (Å²) in [6.07, 6.45) is 2.46. The number of benzene rings is 1. The highest BCUT2D eigenvalue weighted by atomic mass is 19.1. The molecule has 3 nitrogen and oxygen atoms in total. The summed E-state index contributed by atoms with van der Waals surface area (Å²) in [6.45, 7) is 9.50. The highest BCUT2D eigenvalue weighted by Crippen LogP contribution is 2.28. The van der Waals surface area contributed by atoms with Crippen LogP contribution in [0.4, 0.5) is 4.39 Å². The normalized spacial score (nSPS) is 21.0. The van der Waals surface area contributed by atoms with E-state index in [0.29, 0.717) is 17.5 Å². The molecule has 2 unspecified atom stereocenters. The van der Waals surface area contributed by atoms with Crippen molar-refractivity contribution < 1.29 is 9.50 Å². The summed E-state index contributed by atoms with van der Waals surface area (Å²) in [5.41, 5.74) is 0.658. The van der Waals surface area contributed by atoms with Crippen molar-refractivity contribution in [2.24, 2.45) is 5.92 Å². The summed E-state index contributed by atoms with van der Waals surface area (Å²) in [5.74, 6) is 0.287.